The van der Waals surface area contributed by atoms with Crippen molar-refractivity contribution in [1.82, 2.24) is 0 Å². The highest BCUT2D eigenvalue weighted by Gasteiger charge is 2.25. The minimum absolute atomic E-state index is 0.178. The van der Waals surface area contributed by atoms with Crippen LogP contribution in [0.1, 0.15) is 341 Å². The van der Waals surface area contributed by atoms with Gasteiger partial charge in [-0.2, -0.15) is 0 Å². The SMILES string of the molecule is CC/C=C\C/C=C\C/C=C\C/C=C\CCCCCCCCCCCCCCCCC(=O)OC(COC(=O)CCCCCCCCCCCCCCCCCCCCCCCCCCCCCCCC)COC(OCC[N+](C)(C)C)C(=O)O. The highest BCUT2D eigenvalue weighted by Crippen LogP contribution is 2.19. The normalized spacial score (nSPS) is 12.9. The predicted octanol–water partition coefficient (Wildman–Crippen LogP) is 21.8. The number of carboxylic acid groups (broad SMARTS) is 1. The summed E-state index contributed by atoms with van der Waals surface area (Å²) in [6.07, 6.45) is 79.5. The van der Waals surface area contributed by atoms with Gasteiger partial charge in [0.05, 0.1) is 34.4 Å². The van der Waals surface area contributed by atoms with Crippen molar-refractivity contribution >= 4 is 17.9 Å². The van der Waals surface area contributed by atoms with Crippen molar-refractivity contribution in [2.45, 2.75) is 354 Å². The molecule has 0 fully saturated rings. The molecule has 2 unspecified atom stereocenters. The van der Waals surface area contributed by atoms with Crippen LogP contribution in [-0.2, 0) is 33.3 Å². The lowest BCUT2D eigenvalue weighted by atomic mass is 10.0. The number of carbonyl (C=O) groups excluding carboxylic acids is 2. The van der Waals surface area contributed by atoms with Gasteiger partial charge in [0.15, 0.2) is 6.10 Å². The Kier molecular flexibility index (Phi) is 62.1. The second-order valence-corrected chi connectivity index (χ2v) is 25.2. The van der Waals surface area contributed by atoms with Crippen molar-refractivity contribution in [2.24, 2.45) is 0 Å². The lowest BCUT2D eigenvalue weighted by Gasteiger charge is -2.25. The molecule has 0 aliphatic heterocycles. The largest absolute Gasteiger partial charge is 0.477 e. The minimum Gasteiger partial charge on any atom is -0.477 e. The lowest BCUT2D eigenvalue weighted by molar-refractivity contribution is -0.870. The smallest absolute Gasteiger partial charge is 0.361 e. The predicted molar refractivity (Wildman–Crippen MR) is 350 cm³/mol. The van der Waals surface area contributed by atoms with Gasteiger partial charge in [-0.1, -0.05) is 326 Å². The molecule has 0 spiro atoms. The number of likely N-dealkylation sites (N-methyl/N-ethyl adjacent to an activating group) is 1. The van der Waals surface area contributed by atoms with Crippen molar-refractivity contribution in [1.29, 1.82) is 0 Å². The summed E-state index contributed by atoms with van der Waals surface area (Å²) in [4.78, 5) is 37.6. The fourth-order valence-corrected chi connectivity index (χ4v) is 10.5. The molecular weight excluding hydrogens is 1020 g/mol. The monoisotopic (exact) mass is 1160 g/mol. The Morgan fingerprint density at radius 3 is 1.04 bits per heavy atom. The first-order valence-corrected chi connectivity index (χ1v) is 35.3. The summed E-state index contributed by atoms with van der Waals surface area (Å²) in [5, 5.41) is 9.75. The molecule has 0 rings (SSSR count). The van der Waals surface area contributed by atoms with Crippen molar-refractivity contribution in [3.8, 4) is 0 Å². The molecule has 0 amide bonds. The van der Waals surface area contributed by atoms with Gasteiger partial charge in [-0.3, -0.25) is 9.59 Å². The second kappa shape index (κ2) is 64.3. The van der Waals surface area contributed by atoms with Crippen LogP contribution in [0.2, 0.25) is 0 Å². The van der Waals surface area contributed by atoms with Crippen LogP contribution in [0.3, 0.4) is 0 Å². The standard InChI is InChI=1S/C73H135NO8/c1-6-8-10-12-14-16-18-20-22-24-26-28-30-32-34-35-36-38-39-41-43-45-47-49-51-53-55-57-59-61-63-70(75)80-67-69(68-81-73(72(77)78)79-66-65-74(3,4)5)82-71(76)64-62-60-58-56-54-52-50-48-46-44-42-40-37-33-31-29-27-25-23-21-19-17-15-13-11-9-7-2/h9,11,15,17,21,23,27,29,69,73H,6-8,10,12-14,16,18-20,22,24-26,28,30-68H2,1-5H3/p+1/b11-9-,17-15-,23-21-,29-27-. The van der Waals surface area contributed by atoms with Crippen molar-refractivity contribution in [3.63, 3.8) is 0 Å². The quantitative estimate of drug-likeness (QED) is 0.0211. The van der Waals surface area contributed by atoms with E-state index in [2.05, 4.69) is 62.5 Å². The number of nitrogens with zero attached hydrogens (tertiary/aromatic N) is 1. The highest BCUT2D eigenvalue weighted by molar-refractivity contribution is 5.71. The maximum absolute atomic E-state index is 12.9. The van der Waals surface area contributed by atoms with Gasteiger partial charge in [0.25, 0.3) is 6.29 Å². The third kappa shape index (κ3) is 64.8. The van der Waals surface area contributed by atoms with Crippen LogP contribution >= 0.6 is 0 Å². The summed E-state index contributed by atoms with van der Waals surface area (Å²) in [7, 11) is 5.99. The highest BCUT2D eigenvalue weighted by atomic mass is 16.7. The van der Waals surface area contributed by atoms with Gasteiger partial charge in [0.1, 0.15) is 13.2 Å². The molecule has 0 aliphatic carbocycles. The van der Waals surface area contributed by atoms with Crippen LogP contribution in [0.25, 0.3) is 0 Å². The molecule has 82 heavy (non-hydrogen) atoms. The fraction of sp³-hybridized carbons (Fsp3) is 0.849. The number of ether oxygens (including phenoxy) is 4. The van der Waals surface area contributed by atoms with Crippen molar-refractivity contribution in [2.75, 3.05) is 47.5 Å². The molecule has 0 radical (unpaired) electrons. The Balaban J connectivity index is 4.06. The zero-order valence-corrected chi connectivity index (χ0v) is 54.9. The molecule has 480 valence electrons. The average molecular weight is 1160 g/mol. The third-order valence-electron chi connectivity index (χ3n) is 15.8. The molecule has 9 heteroatoms. The third-order valence-corrected chi connectivity index (χ3v) is 15.8. The number of carboxylic acids is 1. The van der Waals surface area contributed by atoms with Crippen LogP contribution in [0.4, 0.5) is 0 Å². The zero-order chi connectivity index (χ0) is 59.8. The van der Waals surface area contributed by atoms with Gasteiger partial charge in [0, 0.05) is 12.8 Å². The maximum atomic E-state index is 12.9. The lowest BCUT2D eigenvalue weighted by Crippen LogP contribution is -2.40. The van der Waals surface area contributed by atoms with E-state index in [4.69, 9.17) is 18.9 Å². The molecular formula is C73H136NO8+. The number of hydrogen-bond donors (Lipinski definition) is 1. The summed E-state index contributed by atoms with van der Waals surface area (Å²) in [5.41, 5.74) is 0. The van der Waals surface area contributed by atoms with E-state index in [1.807, 2.05) is 21.1 Å². The number of aliphatic carboxylic acids is 1. The molecule has 1 N–H and O–H groups in total. The second-order valence-electron chi connectivity index (χ2n) is 25.2. The first-order valence-electron chi connectivity index (χ1n) is 35.3. The number of rotatable bonds is 66. The van der Waals surface area contributed by atoms with Crippen molar-refractivity contribution in [3.05, 3.63) is 48.6 Å². The molecule has 0 aromatic heterocycles. The van der Waals surface area contributed by atoms with Crippen molar-refractivity contribution < 1.29 is 42.9 Å². The summed E-state index contributed by atoms with van der Waals surface area (Å²) in [6.45, 7) is 4.83. The van der Waals surface area contributed by atoms with Crippen LogP contribution < -0.4 is 0 Å². The number of hydrogen-bond acceptors (Lipinski definition) is 7. The summed E-state index contributed by atoms with van der Waals surface area (Å²) in [5.74, 6) is -1.98. The molecule has 0 saturated heterocycles. The van der Waals surface area contributed by atoms with E-state index in [-0.39, 0.29) is 38.2 Å². The number of quaternary nitrogens is 1. The average Bonchev–Trinajstić information content (AvgIpc) is 3.45. The molecule has 0 heterocycles. The Hall–Kier alpha value is -2.75. The molecule has 2 atom stereocenters. The topological polar surface area (TPSA) is 108 Å². The van der Waals surface area contributed by atoms with E-state index in [0.717, 1.165) is 64.2 Å². The molecule has 9 nitrogen and oxygen atoms in total. The van der Waals surface area contributed by atoms with E-state index in [1.165, 1.54) is 250 Å². The minimum atomic E-state index is -1.51. The van der Waals surface area contributed by atoms with E-state index in [1.54, 1.807) is 0 Å². The molecule has 0 saturated carbocycles. The molecule has 0 aliphatic rings. The molecule has 0 bridgehead atoms. The van der Waals surface area contributed by atoms with E-state index < -0.39 is 18.4 Å². The van der Waals surface area contributed by atoms with Gasteiger partial charge < -0.3 is 28.5 Å². The van der Waals surface area contributed by atoms with E-state index in [0.29, 0.717) is 17.4 Å². The molecule has 0 aromatic carbocycles. The number of unbranched alkanes of at least 4 members (excludes halogenated alkanes) is 43. The summed E-state index contributed by atoms with van der Waals surface area (Å²) in [6, 6.07) is 0. The first kappa shape index (κ1) is 79.2. The summed E-state index contributed by atoms with van der Waals surface area (Å²) < 4.78 is 23.0. The van der Waals surface area contributed by atoms with Gasteiger partial charge in [0.2, 0.25) is 0 Å². The van der Waals surface area contributed by atoms with Gasteiger partial charge in [-0.05, 0) is 51.4 Å². The number of allylic oxidation sites excluding steroid dienone is 8. The first-order chi connectivity index (χ1) is 40.1. The molecule has 0 aromatic rings. The summed E-state index contributed by atoms with van der Waals surface area (Å²) >= 11 is 0. The van der Waals surface area contributed by atoms with Crippen LogP contribution in [-0.4, -0.2) is 87.4 Å². The Bertz CT molecular complexity index is 1480. The number of carbonyl (C=O) groups is 3. The Morgan fingerprint density at radius 1 is 0.378 bits per heavy atom. The van der Waals surface area contributed by atoms with Crippen LogP contribution in [0.5, 0.6) is 0 Å². The van der Waals surface area contributed by atoms with Crippen LogP contribution in [0, 0.1) is 0 Å². The Morgan fingerprint density at radius 2 is 0.695 bits per heavy atom. The van der Waals surface area contributed by atoms with E-state index >= 15 is 0 Å². The van der Waals surface area contributed by atoms with Gasteiger partial charge in [-0.15, -0.1) is 0 Å². The fourth-order valence-electron chi connectivity index (χ4n) is 10.5. The zero-order valence-electron chi connectivity index (χ0n) is 54.9. The van der Waals surface area contributed by atoms with Crippen LogP contribution in [0.15, 0.2) is 48.6 Å². The van der Waals surface area contributed by atoms with E-state index in [9.17, 15) is 19.5 Å². The maximum Gasteiger partial charge on any atom is 0.361 e. The Labute approximate surface area is 508 Å². The number of esters is 2. The van der Waals surface area contributed by atoms with Gasteiger partial charge in [-0.25, -0.2) is 4.79 Å². The van der Waals surface area contributed by atoms with Gasteiger partial charge >= 0.3 is 17.9 Å².